The first-order valence-electron chi connectivity index (χ1n) is 6.56. The smallest absolute Gasteiger partial charge is 0.214 e. The van der Waals surface area contributed by atoms with Gasteiger partial charge in [0.1, 0.15) is 5.58 Å². The topological polar surface area (TPSA) is 56.2 Å². The third-order valence-electron chi connectivity index (χ3n) is 3.30. The second-order valence-electron chi connectivity index (χ2n) is 4.81. The molecule has 3 heteroatoms. The molecular weight excluding hydrogens is 250 g/mol. The quantitative estimate of drug-likeness (QED) is 0.737. The minimum Gasteiger partial charge on any atom is -0.453 e. The molecule has 0 radical (unpaired) electrons. The van der Waals surface area contributed by atoms with Crippen molar-refractivity contribution in [3.63, 3.8) is 0 Å². The Morgan fingerprint density at radius 2 is 1.75 bits per heavy atom. The van der Waals surface area contributed by atoms with Gasteiger partial charge >= 0.3 is 0 Å². The summed E-state index contributed by atoms with van der Waals surface area (Å²) in [5, 5.41) is 0.919. The van der Waals surface area contributed by atoms with Crippen molar-refractivity contribution in [2.45, 2.75) is 12.5 Å². The highest BCUT2D eigenvalue weighted by Crippen LogP contribution is 2.20. The van der Waals surface area contributed by atoms with Crippen LogP contribution in [0.15, 0.2) is 65.1 Å². The molecule has 1 atom stereocenters. The van der Waals surface area contributed by atoms with Crippen molar-refractivity contribution in [1.29, 1.82) is 0 Å². The molecule has 0 aliphatic rings. The van der Waals surface area contributed by atoms with Crippen LogP contribution in [0, 0.1) is 0 Å². The molecule has 1 unspecified atom stereocenters. The zero-order valence-corrected chi connectivity index (χ0v) is 11.0. The molecule has 2 N–H and O–H groups in total. The standard InChI is InChI=1S/C17H15NO2/c18-14(10-12-6-2-1-3-7-12)17(19)16-11-13-8-4-5-9-15(13)20-16/h1-9,11,14H,10,18H2. The summed E-state index contributed by atoms with van der Waals surface area (Å²) in [5.41, 5.74) is 7.75. The highest BCUT2D eigenvalue weighted by molar-refractivity contribution is 6.00. The lowest BCUT2D eigenvalue weighted by Crippen LogP contribution is -2.32. The van der Waals surface area contributed by atoms with Gasteiger partial charge in [0.05, 0.1) is 6.04 Å². The van der Waals surface area contributed by atoms with Crippen LogP contribution in [0.1, 0.15) is 16.1 Å². The third kappa shape index (κ3) is 2.49. The Morgan fingerprint density at radius 1 is 1.05 bits per heavy atom. The zero-order chi connectivity index (χ0) is 13.9. The first-order valence-corrected chi connectivity index (χ1v) is 6.56. The number of nitrogens with two attached hydrogens (primary N) is 1. The van der Waals surface area contributed by atoms with Crippen molar-refractivity contribution >= 4 is 16.8 Å². The average molecular weight is 265 g/mol. The van der Waals surface area contributed by atoms with E-state index in [2.05, 4.69) is 0 Å². The van der Waals surface area contributed by atoms with Crippen LogP contribution in [0.25, 0.3) is 11.0 Å². The van der Waals surface area contributed by atoms with E-state index in [-0.39, 0.29) is 5.78 Å². The number of benzene rings is 2. The normalized spacial score (nSPS) is 12.4. The Kier molecular flexibility index (Phi) is 3.35. The van der Waals surface area contributed by atoms with Crippen molar-refractivity contribution in [1.82, 2.24) is 0 Å². The van der Waals surface area contributed by atoms with Gasteiger partial charge in [-0.05, 0) is 24.1 Å². The van der Waals surface area contributed by atoms with Crippen molar-refractivity contribution in [3.05, 3.63) is 72.0 Å². The minimum absolute atomic E-state index is 0.162. The molecule has 1 heterocycles. The molecule has 0 fully saturated rings. The Bertz CT molecular complexity index is 698. The van der Waals surface area contributed by atoms with Gasteiger partial charge in [0, 0.05) is 5.39 Å². The number of Topliss-reactive ketones (excluding diaryl/α,β-unsaturated/α-hetero) is 1. The van der Waals surface area contributed by atoms with Gasteiger partial charge in [0.15, 0.2) is 5.76 Å². The summed E-state index contributed by atoms with van der Waals surface area (Å²) in [6, 6.07) is 18.5. The molecule has 0 saturated carbocycles. The second kappa shape index (κ2) is 5.31. The maximum Gasteiger partial charge on any atom is 0.214 e. The number of para-hydroxylation sites is 1. The van der Waals surface area contributed by atoms with E-state index in [1.165, 1.54) is 0 Å². The van der Waals surface area contributed by atoms with Crippen molar-refractivity contribution in [2.75, 3.05) is 0 Å². The maximum atomic E-state index is 12.3. The van der Waals surface area contributed by atoms with Crippen LogP contribution >= 0.6 is 0 Å². The average Bonchev–Trinajstić information content (AvgIpc) is 2.91. The summed E-state index contributed by atoms with van der Waals surface area (Å²) >= 11 is 0. The number of hydrogen-bond donors (Lipinski definition) is 1. The lowest BCUT2D eigenvalue weighted by atomic mass is 10.0. The molecule has 2 aromatic carbocycles. The fraction of sp³-hybridized carbons (Fsp3) is 0.118. The van der Waals surface area contributed by atoms with Crippen LogP contribution < -0.4 is 5.73 Å². The fourth-order valence-electron chi connectivity index (χ4n) is 2.25. The number of furan rings is 1. The molecule has 3 nitrogen and oxygen atoms in total. The van der Waals surface area contributed by atoms with Gasteiger partial charge in [-0.3, -0.25) is 4.79 Å². The van der Waals surface area contributed by atoms with Crippen molar-refractivity contribution in [3.8, 4) is 0 Å². The minimum atomic E-state index is -0.585. The highest BCUT2D eigenvalue weighted by atomic mass is 16.3. The van der Waals surface area contributed by atoms with E-state index in [4.69, 9.17) is 10.2 Å². The monoisotopic (exact) mass is 265 g/mol. The van der Waals surface area contributed by atoms with Gasteiger partial charge in [-0.1, -0.05) is 48.5 Å². The molecule has 20 heavy (non-hydrogen) atoms. The molecule has 0 bridgehead atoms. The predicted molar refractivity (Wildman–Crippen MR) is 78.7 cm³/mol. The van der Waals surface area contributed by atoms with E-state index >= 15 is 0 Å². The fourth-order valence-corrected chi connectivity index (χ4v) is 2.25. The highest BCUT2D eigenvalue weighted by Gasteiger charge is 2.20. The molecule has 0 amide bonds. The molecule has 0 aliphatic carbocycles. The number of rotatable bonds is 4. The van der Waals surface area contributed by atoms with E-state index in [0.29, 0.717) is 17.8 Å². The van der Waals surface area contributed by atoms with Gasteiger partial charge < -0.3 is 10.2 Å². The molecular formula is C17H15NO2. The number of carbonyl (C=O) groups excluding carboxylic acids is 1. The molecule has 0 saturated heterocycles. The van der Waals surface area contributed by atoms with Crippen LogP contribution in [-0.2, 0) is 6.42 Å². The van der Waals surface area contributed by atoms with E-state index < -0.39 is 6.04 Å². The van der Waals surface area contributed by atoms with E-state index in [1.807, 2.05) is 54.6 Å². The van der Waals surface area contributed by atoms with Gasteiger partial charge in [0.2, 0.25) is 5.78 Å². The molecule has 1 aromatic heterocycles. The number of carbonyl (C=O) groups is 1. The van der Waals surface area contributed by atoms with Gasteiger partial charge in [0.25, 0.3) is 0 Å². The third-order valence-corrected chi connectivity index (χ3v) is 3.30. The molecule has 3 aromatic rings. The Balaban J connectivity index is 1.81. The second-order valence-corrected chi connectivity index (χ2v) is 4.81. The summed E-state index contributed by atoms with van der Waals surface area (Å²) < 4.78 is 5.56. The van der Waals surface area contributed by atoms with E-state index in [1.54, 1.807) is 6.07 Å². The lowest BCUT2D eigenvalue weighted by molar-refractivity contribution is 0.0935. The molecule has 0 aliphatic heterocycles. The summed E-state index contributed by atoms with van der Waals surface area (Å²) in [5.74, 6) is 0.166. The number of ketones is 1. The van der Waals surface area contributed by atoms with Crippen LogP contribution in [0.4, 0.5) is 0 Å². The summed E-state index contributed by atoms with van der Waals surface area (Å²) in [6.07, 6.45) is 0.511. The van der Waals surface area contributed by atoms with Gasteiger partial charge in [-0.2, -0.15) is 0 Å². The SMILES string of the molecule is NC(Cc1ccccc1)C(=O)c1cc2ccccc2o1. The number of fused-ring (bicyclic) bond motifs is 1. The maximum absolute atomic E-state index is 12.3. The van der Waals surface area contributed by atoms with Crippen LogP contribution in [0.3, 0.4) is 0 Å². The first-order chi connectivity index (χ1) is 9.74. The van der Waals surface area contributed by atoms with Crippen LogP contribution in [0.2, 0.25) is 0 Å². The van der Waals surface area contributed by atoms with E-state index in [0.717, 1.165) is 10.9 Å². The summed E-state index contributed by atoms with van der Waals surface area (Å²) in [7, 11) is 0. The van der Waals surface area contributed by atoms with Gasteiger partial charge in [-0.15, -0.1) is 0 Å². The van der Waals surface area contributed by atoms with Crippen molar-refractivity contribution in [2.24, 2.45) is 5.73 Å². The number of hydrogen-bond acceptors (Lipinski definition) is 3. The molecule has 0 spiro atoms. The van der Waals surface area contributed by atoms with E-state index in [9.17, 15) is 4.79 Å². The first kappa shape index (κ1) is 12.6. The Labute approximate surface area is 117 Å². The summed E-state index contributed by atoms with van der Waals surface area (Å²) in [6.45, 7) is 0. The Morgan fingerprint density at radius 3 is 2.50 bits per heavy atom. The lowest BCUT2D eigenvalue weighted by Gasteiger charge is -2.08. The predicted octanol–water partition coefficient (Wildman–Crippen LogP) is 3.19. The van der Waals surface area contributed by atoms with Crippen molar-refractivity contribution < 1.29 is 9.21 Å². The largest absolute Gasteiger partial charge is 0.453 e. The zero-order valence-electron chi connectivity index (χ0n) is 11.0. The molecule has 100 valence electrons. The summed E-state index contributed by atoms with van der Waals surface area (Å²) in [4.78, 5) is 12.3. The van der Waals surface area contributed by atoms with Crippen LogP contribution in [-0.4, -0.2) is 11.8 Å². The van der Waals surface area contributed by atoms with Gasteiger partial charge in [-0.25, -0.2) is 0 Å². The van der Waals surface area contributed by atoms with Crippen LogP contribution in [0.5, 0.6) is 0 Å². The molecule has 3 rings (SSSR count). The Hall–Kier alpha value is -2.39.